The molecule has 7 nitrogen and oxygen atoms in total. The number of amides is 1. The fourth-order valence-electron chi connectivity index (χ4n) is 3.15. The third kappa shape index (κ3) is 3.75. The van der Waals surface area contributed by atoms with E-state index in [0.29, 0.717) is 27.3 Å². The minimum atomic E-state index is -0.746. The Morgan fingerprint density at radius 2 is 2.00 bits per heavy atom. The summed E-state index contributed by atoms with van der Waals surface area (Å²) in [4.78, 5) is 31.1. The summed E-state index contributed by atoms with van der Waals surface area (Å²) in [5, 5.41) is 14.2. The number of rotatable bonds is 6. The molecule has 0 saturated carbocycles. The Bertz CT molecular complexity index is 1260. The first-order chi connectivity index (χ1) is 14.5. The Morgan fingerprint density at radius 1 is 1.23 bits per heavy atom. The van der Waals surface area contributed by atoms with Gasteiger partial charge >= 0.3 is 0 Å². The average molecular weight is 444 g/mol. The Kier molecular flexibility index (Phi) is 5.69. The molecule has 30 heavy (non-hydrogen) atoms. The first-order valence-electron chi connectivity index (χ1n) is 9.39. The maximum Gasteiger partial charge on any atom is 0.263 e. The van der Waals surface area contributed by atoms with E-state index in [0.717, 1.165) is 17.0 Å². The van der Waals surface area contributed by atoms with Crippen molar-refractivity contribution in [2.24, 2.45) is 0 Å². The molecule has 0 radical (unpaired) electrons. The number of nitrogens with one attached hydrogen (secondary N) is 1. The second kappa shape index (κ2) is 8.41. The molecule has 0 saturated heterocycles. The molecule has 4 aromatic rings. The second-order valence-corrected chi connectivity index (χ2v) is 8.48. The zero-order valence-electron chi connectivity index (χ0n) is 16.3. The standard InChI is InChI=1S/C20H18FN5O2S2/c1-3-14(17(27)23-20-25-24-15(4-2)30-20)26-10-22-18-16(19(26)28)13(9-29-18)11-5-7-12(21)8-6-11/h5-10,14H,3-4H2,1-2H3,(H,23,25,27). The second-order valence-electron chi connectivity index (χ2n) is 6.56. The van der Waals surface area contributed by atoms with Crippen LogP contribution in [0.2, 0.25) is 0 Å². The van der Waals surface area contributed by atoms with E-state index in [-0.39, 0.29) is 17.3 Å². The van der Waals surface area contributed by atoms with E-state index in [1.54, 1.807) is 12.1 Å². The van der Waals surface area contributed by atoms with E-state index >= 15 is 0 Å². The van der Waals surface area contributed by atoms with Gasteiger partial charge < -0.3 is 0 Å². The molecule has 1 unspecified atom stereocenters. The fraction of sp³-hybridized carbons (Fsp3) is 0.250. The number of fused-ring (bicyclic) bond motifs is 1. The SMILES string of the molecule is CCc1nnc(NC(=O)C(CC)n2cnc3scc(-c4ccc(F)cc4)c3c2=O)s1. The molecule has 4 rings (SSSR count). The van der Waals surface area contributed by atoms with E-state index in [1.807, 2.05) is 19.2 Å². The zero-order valence-corrected chi connectivity index (χ0v) is 17.9. The zero-order chi connectivity index (χ0) is 21.3. The molecule has 154 valence electrons. The lowest BCUT2D eigenvalue weighted by molar-refractivity contribution is -0.119. The number of benzene rings is 1. The van der Waals surface area contributed by atoms with Gasteiger partial charge in [0.1, 0.15) is 21.7 Å². The molecule has 1 atom stereocenters. The van der Waals surface area contributed by atoms with E-state index < -0.39 is 6.04 Å². The van der Waals surface area contributed by atoms with Gasteiger partial charge in [-0.3, -0.25) is 19.5 Å². The number of hydrogen-bond acceptors (Lipinski definition) is 7. The van der Waals surface area contributed by atoms with Gasteiger partial charge in [0.25, 0.3) is 5.56 Å². The van der Waals surface area contributed by atoms with E-state index in [4.69, 9.17) is 0 Å². The van der Waals surface area contributed by atoms with Gasteiger partial charge in [-0.15, -0.1) is 21.5 Å². The van der Waals surface area contributed by atoms with Crippen LogP contribution in [0.25, 0.3) is 21.3 Å². The molecule has 1 aromatic carbocycles. The quantitative estimate of drug-likeness (QED) is 0.481. The minimum absolute atomic E-state index is 0.311. The summed E-state index contributed by atoms with van der Waals surface area (Å²) >= 11 is 2.64. The van der Waals surface area contributed by atoms with Gasteiger partial charge in [0.15, 0.2) is 0 Å². The van der Waals surface area contributed by atoms with Crippen LogP contribution in [0, 0.1) is 5.82 Å². The molecule has 1 N–H and O–H groups in total. The van der Waals surface area contributed by atoms with Crippen LogP contribution in [0.4, 0.5) is 9.52 Å². The van der Waals surface area contributed by atoms with E-state index in [9.17, 15) is 14.0 Å². The van der Waals surface area contributed by atoms with Gasteiger partial charge in [-0.1, -0.05) is 37.3 Å². The van der Waals surface area contributed by atoms with Crippen molar-refractivity contribution in [1.29, 1.82) is 0 Å². The number of aromatic nitrogens is 4. The van der Waals surface area contributed by atoms with Gasteiger partial charge in [0.2, 0.25) is 11.0 Å². The number of nitrogens with zero attached hydrogens (tertiary/aromatic N) is 4. The summed E-state index contributed by atoms with van der Waals surface area (Å²) in [7, 11) is 0. The van der Waals surface area contributed by atoms with Gasteiger partial charge in [-0.2, -0.15) is 0 Å². The first-order valence-corrected chi connectivity index (χ1v) is 11.1. The van der Waals surface area contributed by atoms with Crippen molar-refractivity contribution in [2.75, 3.05) is 5.32 Å². The van der Waals surface area contributed by atoms with Crippen LogP contribution < -0.4 is 10.9 Å². The molecule has 3 heterocycles. The van der Waals surface area contributed by atoms with Crippen molar-refractivity contribution in [2.45, 2.75) is 32.7 Å². The van der Waals surface area contributed by atoms with Crippen molar-refractivity contribution in [1.82, 2.24) is 19.7 Å². The predicted molar refractivity (Wildman–Crippen MR) is 117 cm³/mol. The lowest BCUT2D eigenvalue weighted by atomic mass is 10.1. The predicted octanol–water partition coefficient (Wildman–Crippen LogP) is 4.27. The lowest BCUT2D eigenvalue weighted by Gasteiger charge is -2.16. The summed E-state index contributed by atoms with van der Waals surface area (Å²) in [6.45, 7) is 3.79. The number of aryl methyl sites for hydroxylation is 1. The highest BCUT2D eigenvalue weighted by Crippen LogP contribution is 2.31. The molecular formula is C20H18FN5O2S2. The third-order valence-corrected chi connectivity index (χ3v) is 6.57. The summed E-state index contributed by atoms with van der Waals surface area (Å²) in [6, 6.07) is 5.20. The Morgan fingerprint density at radius 3 is 2.67 bits per heavy atom. The van der Waals surface area contributed by atoms with Crippen LogP contribution in [-0.2, 0) is 11.2 Å². The summed E-state index contributed by atoms with van der Waals surface area (Å²) in [5.41, 5.74) is 1.08. The largest absolute Gasteiger partial charge is 0.299 e. The van der Waals surface area contributed by atoms with Gasteiger partial charge in [-0.05, 0) is 30.5 Å². The van der Waals surface area contributed by atoms with Gasteiger partial charge in [0.05, 0.1) is 11.7 Å². The third-order valence-electron chi connectivity index (χ3n) is 4.70. The Balaban J connectivity index is 1.72. The molecule has 10 heteroatoms. The highest BCUT2D eigenvalue weighted by Gasteiger charge is 2.23. The van der Waals surface area contributed by atoms with Crippen molar-refractivity contribution >= 4 is 43.9 Å². The molecule has 3 aromatic heterocycles. The Labute approximate surface area is 179 Å². The average Bonchev–Trinajstić information content (AvgIpc) is 3.38. The summed E-state index contributed by atoms with van der Waals surface area (Å²) in [5.74, 6) is -0.697. The highest BCUT2D eigenvalue weighted by molar-refractivity contribution is 7.17. The van der Waals surface area contributed by atoms with Crippen LogP contribution in [0.15, 0.2) is 40.8 Å². The summed E-state index contributed by atoms with van der Waals surface area (Å²) in [6.07, 6.45) is 2.53. The minimum Gasteiger partial charge on any atom is -0.299 e. The van der Waals surface area contributed by atoms with E-state index in [1.165, 1.54) is 45.7 Å². The number of hydrogen-bond donors (Lipinski definition) is 1. The highest BCUT2D eigenvalue weighted by atomic mass is 32.1. The molecule has 0 fully saturated rings. The molecule has 0 aliphatic heterocycles. The number of anilines is 1. The molecule has 0 aliphatic rings. The van der Waals surface area contributed by atoms with Crippen LogP contribution in [-0.4, -0.2) is 25.7 Å². The fourth-order valence-corrected chi connectivity index (χ4v) is 4.74. The molecule has 0 bridgehead atoms. The number of thiophene rings is 1. The normalized spacial score (nSPS) is 12.2. The summed E-state index contributed by atoms with van der Waals surface area (Å²) < 4.78 is 14.6. The van der Waals surface area contributed by atoms with Crippen molar-refractivity contribution in [3.63, 3.8) is 0 Å². The van der Waals surface area contributed by atoms with E-state index in [2.05, 4.69) is 20.5 Å². The maximum atomic E-state index is 13.3. The monoisotopic (exact) mass is 443 g/mol. The lowest BCUT2D eigenvalue weighted by Crippen LogP contribution is -2.33. The number of carbonyl (C=O) groups is 1. The number of carbonyl (C=O) groups excluding carboxylic acids is 1. The molecule has 0 spiro atoms. The van der Waals surface area contributed by atoms with Crippen LogP contribution in [0.5, 0.6) is 0 Å². The molecular weight excluding hydrogens is 425 g/mol. The topological polar surface area (TPSA) is 89.8 Å². The Hall–Kier alpha value is -2.98. The molecule has 1 amide bonds. The smallest absolute Gasteiger partial charge is 0.263 e. The van der Waals surface area contributed by atoms with Crippen LogP contribution in [0.1, 0.15) is 31.3 Å². The van der Waals surface area contributed by atoms with Crippen LogP contribution >= 0.6 is 22.7 Å². The number of halogens is 1. The van der Waals surface area contributed by atoms with Crippen molar-refractivity contribution in [3.8, 4) is 11.1 Å². The first kappa shape index (κ1) is 20.3. The van der Waals surface area contributed by atoms with Crippen LogP contribution in [0.3, 0.4) is 0 Å². The molecule has 0 aliphatic carbocycles. The van der Waals surface area contributed by atoms with Crippen molar-refractivity contribution in [3.05, 3.63) is 57.2 Å². The van der Waals surface area contributed by atoms with Gasteiger partial charge in [-0.25, -0.2) is 9.37 Å². The maximum absolute atomic E-state index is 13.3. The van der Waals surface area contributed by atoms with Gasteiger partial charge in [0, 0.05) is 10.9 Å². The van der Waals surface area contributed by atoms with Crippen molar-refractivity contribution < 1.29 is 9.18 Å².